The lowest BCUT2D eigenvalue weighted by molar-refractivity contribution is -0.137. The van der Waals surface area contributed by atoms with E-state index in [9.17, 15) is 34.4 Å². The molecule has 24 heavy (non-hydrogen) atoms. The maximum absolute atomic E-state index is 13.4. The van der Waals surface area contributed by atoms with Crippen LogP contribution in [0, 0.1) is 11.7 Å². The minimum atomic E-state index is -4.86. The van der Waals surface area contributed by atoms with E-state index in [4.69, 9.17) is 0 Å². The molecule has 0 saturated heterocycles. The van der Waals surface area contributed by atoms with Crippen LogP contribution >= 0.6 is 0 Å². The highest BCUT2D eigenvalue weighted by Gasteiger charge is 2.41. The van der Waals surface area contributed by atoms with Gasteiger partial charge in [0.15, 0.2) is 9.84 Å². The second kappa shape index (κ2) is 6.26. The number of alkyl halides is 3. The summed E-state index contributed by atoms with van der Waals surface area (Å²) in [4.78, 5) is -0.734. The first-order valence-corrected chi connectivity index (χ1v) is 10.1. The van der Waals surface area contributed by atoms with E-state index in [1.807, 2.05) is 0 Å². The Bertz CT molecular complexity index is 824. The molecular formula is C13H14F4O5S2. The molecule has 0 aliphatic heterocycles. The molecule has 1 aliphatic rings. The molecule has 2 rings (SSSR count). The van der Waals surface area contributed by atoms with Crippen LogP contribution in [0.5, 0.6) is 0 Å². The van der Waals surface area contributed by atoms with Gasteiger partial charge in [-0.25, -0.2) is 12.8 Å². The van der Waals surface area contributed by atoms with Crippen LogP contribution in [-0.4, -0.2) is 34.9 Å². The van der Waals surface area contributed by atoms with Crippen molar-refractivity contribution in [2.75, 3.05) is 12.9 Å². The van der Waals surface area contributed by atoms with Crippen LogP contribution in [0.15, 0.2) is 23.1 Å². The number of benzene rings is 1. The van der Waals surface area contributed by atoms with Crippen molar-refractivity contribution in [1.29, 1.82) is 0 Å². The molecule has 1 fully saturated rings. The fourth-order valence-corrected chi connectivity index (χ4v) is 4.81. The minimum absolute atomic E-state index is 0.0374. The lowest BCUT2D eigenvalue weighted by Crippen LogP contribution is -2.38. The molecular weight excluding hydrogens is 376 g/mol. The van der Waals surface area contributed by atoms with Gasteiger partial charge in [-0.1, -0.05) is 0 Å². The van der Waals surface area contributed by atoms with Gasteiger partial charge in [0.2, 0.25) is 0 Å². The van der Waals surface area contributed by atoms with Gasteiger partial charge in [-0.3, -0.25) is 4.18 Å². The zero-order valence-corrected chi connectivity index (χ0v) is 14.0. The Balaban J connectivity index is 2.14. The number of hydrogen-bond acceptors (Lipinski definition) is 5. The molecule has 0 aromatic heterocycles. The van der Waals surface area contributed by atoms with E-state index >= 15 is 0 Å². The van der Waals surface area contributed by atoms with Crippen molar-refractivity contribution in [2.45, 2.75) is 29.2 Å². The summed E-state index contributed by atoms with van der Waals surface area (Å²) in [6.07, 6.45) is -3.94. The predicted octanol–water partition coefficient (Wildman–Crippen LogP) is 2.37. The van der Waals surface area contributed by atoms with Crippen molar-refractivity contribution in [3.05, 3.63) is 29.6 Å². The normalized spacial score (nSPS) is 22.2. The summed E-state index contributed by atoms with van der Waals surface area (Å²) in [5.41, 5.74) is -1.38. The number of hydrogen-bond donors (Lipinski definition) is 0. The molecule has 1 saturated carbocycles. The molecule has 0 spiro atoms. The molecule has 0 radical (unpaired) electrons. The Kier molecular flexibility index (Phi) is 4.99. The second-order valence-corrected chi connectivity index (χ2v) is 9.54. The Morgan fingerprint density at radius 1 is 1.12 bits per heavy atom. The van der Waals surface area contributed by atoms with Gasteiger partial charge >= 0.3 is 6.18 Å². The molecule has 11 heteroatoms. The predicted molar refractivity (Wildman–Crippen MR) is 75.9 cm³/mol. The largest absolute Gasteiger partial charge is 0.416 e. The third-order valence-electron chi connectivity index (χ3n) is 3.68. The van der Waals surface area contributed by atoms with Gasteiger partial charge in [0.1, 0.15) is 5.82 Å². The van der Waals surface area contributed by atoms with Gasteiger partial charge < -0.3 is 0 Å². The molecule has 1 aliphatic carbocycles. The monoisotopic (exact) mass is 390 g/mol. The molecule has 0 unspecified atom stereocenters. The Morgan fingerprint density at radius 2 is 1.71 bits per heavy atom. The SMILES string of the molecule is CS(=O)(=O)OCC1CC(S(=O)(=O)c2cc(F)cc(C(F)(F)F)c2)C1. The average Bonchev–Trinajstić information content (AvgIpc) is 2.33. The topological polar surface area (TPSA) is 77.5 Å². The standard InChI is InChI=1S/C13H14F4O5S2/c1-23(18,19)22-7-8-2-11(3-8)24(20,21)12-5-9(13(15,16)17)4-10(14)6-12/h4-6,8,11H,2-3,7H2,1H3. The highest BCUT2D eigenvalue weighted by atomic mass is 32.2. The zero-order chi connectivity index (χ0) is 18.3. The van der Waals surface area contributed by atoms with Crippen molar-refractivity contribution < 1.29 is 38.6 Å². The molecule has 0 bridgehead atoms. The maximum Gasteiger partial charge on any atom is 0.416 e. The summed E-state index contributed by atoms with van der Waals surface area (Å²) in [6, 6.07) is 1.17. The Morgan fingerprint density at radius 3 is 2.21 bits per heavy atom. The van der Waals surface area contributed by atoms with Crippen molar-refractivity contribution in [3.8, 4) is 0 Å². The van der Waals surface area contributed by atoms with Crippen LogP contribution < -0.4 is 0 Å². The van der Waals surface area contributed by atoms with E-state index in [1.165, 1.54) is 0 Å². The van der Waals surface area contributed by atoms with Crippen LogP contribution in [-0.2, 0) is 30.3 Å². The lowest BCUT2D eigenvalue weighted by atomic mass is 9.86. The first-order chi connectivity index (χ1) is 10.8. The van der Waals surface area contributed by atoms with E-state index in [0.717, 1.165) is 6.26 Å². The van der Waals surface area contributed by atoms with E-state index in [-0.39, 0.29) is 31.4 Å². The summed E-state index contributed by atoms with van der Waals surface area (Å²) < 4.78 is 102. The molecule has 136 valence electrons. The van der Waals surface area contributed by atoms with Gasteiger partial charge in [0.05, 0.1) is 28.6 Å². The van der Waals surface area contributed by atoms with Gasteiger partial charge in [-0.05, 0) is 37.0 Å². The number of sulfone groups is 1. The minimum Gasteiger partial charge on any atom is -0.270 e. The van der Waals surface area contributed by atoms with E-state index < -0.39 is 47.7 Å². The maximum atomic E-state index is 13.4. The first-order valence-electron chi connectivity index (χ1n) is 6.75. The molecule has 0 atom stereocenters. The number of rotatable bonds is 5. The van der Waals surface area contributed by atoms with Crippen LogP contribution in [0.4, 0.5) is 17.6 Å². The summed E-state index contributed by atoms with van der Waals surface area (Å²) in [5, 5.41) is -0.992. The zero-order valence-electron chi connectivity index (χ0n) is 12.4. The highest BCUT2D eigenvalue weighted by Crippen LogP contribution is 2.38. The van der Waals surface area contributed by atoms with E-state index in [1.54, 1.807) is 0 Å². The van der Waals surface area contributed by atoms with Crippen molar-refractivity contribution in [2.24, 2.45) is 5.92 Å². The summed E-state index contributed by atoms with van der Waals surface area (Å²) >= 11 is 0. The van der Waals surface area contributed by atoms with Gasteiger partial charge in [0.25, 0.3) is 10.1 Å². The lowest BCUT2D eigenvalue weighted by Gasteiger charge is -2.34. The number of halogens is 4. The fourth-order valence-electron chi connectivity index (χ4n) is 2.37. The van der Waals surface area contributed by atoms with E-state index in [0.29, 0.717) is 12.1 Å². The van der Waals surface area contributed by atoms with Gasteiger partial charge in [-0.15, -0.1) is 0 Å². The molecule has 5 nitrogen and oxygen atoms in total. The average molecular weight is 390 g/mol. The van der Waals surface area contributed by atoms with Crippen LogP contribution in [0.2, 0.25) is 0 Å². The Hall–Kier alpha value is -1.20. The summed E-state index contributed by atoms with van der Waals surface area (Å²) in [5.74, 6) is -1.63. The molecule has 0 heterocycles. The summed E-state index contributed by atoms with van der Waals surface area (Å²) in [6.45, 7) is -0.193. The van der Waals surface area contributed by atoms with Crippen molar-refractivity contribution >= 4 is 20.0 Å². The summed E-state index contributed by atoms with van der Waals surface area (Å²) in [7, 11) is -7.79. The van der Waals surface area contributed by atoms with Crippen LogP contribution in [0.3, 0.4) is 0 Å². The quantitative estimate of drug-likeness (QED) is 0.570. The molecule has 0 amide bonds. The Labute approximate surface area is 136 Å². The van der Waals surface area contributed by atoms with Crippen LogP contribution in [0.1, 0.15) is 18.4 Å². The first kappa shape index (κ1) is 19.1. The smallest absolute Gasteiger partial charge is 0.270 e. The molecule has 0 N–H and O–H groups in total. The van der Waals surface area contributed by atoms with E-state index in [2.05, 4.69) is 4.18 Å². The van der Waals surface area contributed by atoms with Gasteiger partial charge in [-0.2, -0.15) is 21.6 Å². The second-order valence-electron chi connectivity index (χ2n) is 5.67. The third-order valence-corrected chi connectivity index (χ3v) is 6.40. The fraction of sp³-hybridized carbons (Fsp3) is 0.538. The van der Waals surface area contributed by atoms with Gasteiger partial charge in [0, 0.05) is 0 Å². The highest BCUT2D eigenvalue weighted by molar-refractivity contribution is 7.92. The van der Waals surface area contributed by atoms with Crippen molar-refractivity contribution in [1.82, 2.24) is 0 Å². The van der Waals surface area contributed by atoms with Crippen molar-refractivity contribution in [3.63, 3.8) is 0 Å². The molecule has 1 aromatic carbocycles. The third kappa shape index (κ3) is 4.45. The molecule has 1 aromatic rings. The van der Waals surface area contributed by atoms with Crippen LogP contribution in [0.25, 0.3) is 0 Å².